The molecule has 3 heteroatoms. The summed E-state index contributed by atoms with van der Waals surface area (Å²) in [4.78, 5) is 0. The van der Waals surface area contributed by atoms with Gasteiger partial charge >= 0.3 is 0 Å². The maximum Gasteiger partial charge on any atom is 0.121 e. The van der Waals surface area contributed by atoms with Crippen molar-refractivity contribution in [3.8, 4) is 5.75 Å². The van der Waals surface area contributed by atoms with E-state index in [0.717, 1.165) is 17.4 Å². The summed E-state index contributed by atoms with van der Waals surface area (Å²) >= 11 is 6.17. The Morgan fingerprint density at radius 3 is 2.75 bits per heavy atom. The standard InChI is InChI=1S/C17H26ClNO/c1-11(2)13-8-7-12(3)9-16(13)19-10-14-15(18)5-4-6-17(14)20/h4-6,11-13,16,19-20H,7-10H2,1-3H3. The van der Waals surface area contributed by atoms with Crippen LogP contribution in [0.25, 0.3) is 0 Å². The Hall–Kier alpha value is -0.730. The highest BCUT2D eigenvalue weighted by Crippen LogP contribution is 2.34. The number of phenolic OH excluding ortho intramolecular Hbond substituents is 1. The molecule has 3 unspecified atom stereocenters. The van der Waals surface area contributed by atoms with E-state index in [1.165, 1.54) is 19.3 Å². The quantitative estimate of drug-likeness (QED) is 0.851. The summed E-state index contributed by atoms with van der Waals surface area (Å²) in [5, 5.41) is 14.2. The maximum atomic E-state index is 9.92. The van der Waals surface area contributed by atoms with Gasteiger partial charge in [0.05, 0.1) is 0 Å². The van der Waals surface area contributed by atoms with Crippen molar-refractivity contribution in [1.29, 1.82) is 0 Å². The van der Waals surface area contributed by atoms with Gasteiger partial charge in [0.25, 0.3) is 0 Å². The molecule has 2 rings (SSSR count). The van der Waals surface area contributed by atoms with Crippen molar-refractivity contribution in [3.63, 3.8) is 0 Å². The molecular weight excluding hydrogens is 270 g/mol. The van der Waals surface area contributed by atoms with Crippen molar-refractivity contribution in [2.75, 3.05) is 0 Å². The van der Waals surface area contributed by atoms with Crippen LogP contribution in [0.3, 0.4) is 0 Å². The van der Waals surface area contributed by atoms with Gasteiger partial charge in [-0.2, -0.15) is 0 Å². The van der Waals surface area contributed by atoms with E-state index in [-0.39, 0.29) is 5.75 Å². The van der Waals surface area contributed by atoms with Crippen molar-refractivity contribution in [2.45, 2.75) is 52.6 Å². The number of nitrogens with one attached hydrogen (secondary N) is 1. The van der Waals surface area contributed by atoms with Crippen LogP contribution in [0.15, 0.2) is 18.2 Å². The molecular formula is C17H26ClNO. The molecule has 0 heterocycles. The molecule has 1 fully saturated rings. The SMILES string of the molecule is CC1CCC(C(C)C)C(NCc2c(O)cccc2Cl)C1. The van der Waals surface area contributed by atoms with E-state index < -0.39 is 0 Å². The van der Waals surface area contributed by atoms with Crippen LogP contribution in [-0.2, 0) is 6.54 Å². The first-order chi connectivity index (χ1) is 9.49. The van der Waals surface area contributed by atoms with E-state index in [4.69, 9.17) is 11.6 Å². The first kappa shape index (κ1) is 15.7. The van der Waals surface area contributed by atoms with Gasteiger partial charge in [0, 0.05) is 23.2 Å². The topological polar surface area (TPSA) is 32.3 Å². The normalized spacial score (nSPS) is 26.9. The van der Waals surface area contributed by atoms with Gasteiger partial charge in [0.2, 0.25) is 0 Å². The molecule has 0 bridgehead atoms. The molecule has 0 amide bonds. The molecule has 112 valence electrons. The van der Waals surface area contributed by atoms with Crippen LogP contribution in [0, 0.1) is 17.8 Å². The zero-order chi connectivity index (χ0) is 14.7. The van der Waals surface area contributed by atoms with Crippen LogP contribution < -0.4 is 5.32 Å². The lowest BCUT2D eigenvalue weighted by atomic mass is 9.74. The number of aromatic hydroxyl groups is 1. The molecule has 0 aromatic heterocycles. The average molecular weight is 296 g/mol. The number of hydrogen-bond donors (Lipinski definition) is 2. The Labute approximate surface area is 127 Å². The predicted molar refractivity (Wildman–Crippen MR) is 85.1 cm³/mol. The number of hydrogen-bond acceptors (Lipinski definition) is 2. The Kier molecular flexibility index (Phi) is 5.34. The third-order valence-electron chi connectivity index (χ3n) is 4.66. The lowest BCUT2D eigenvalue weighted by Gasteiger charge is -2.38. The lowest BCUT2D eigenvalue weighted by molar-refractivity contribution is 0.169. The average Bonchev–Trinajstić information content (AvgIpc) is 2.37. The van der Waals surface area contributed by atoms with Gasteiger partial charge in [-0.25, -0.2) is 0 Å². The number of benzene rings is 1. The molecule has 3 atom stereocenters. The summed E-state index contributed by atoms with van der Waals surface area (Å²) in [6.45, 7) is 7.59. The highest BCUT2D eigenvalue weighted by Gasteiger charge is 2.30. The zero-order valence-electron chi connectivity index (χ0n) is 12.7. The first-order valence-electron chi connectivity index (χ1n) is 7.68. The molecule has 0 saturated heterocycles. The molecule has 1 aliphatic rings. The summed E-state index contributed by atoms with van der Waals surface area (Å²) in [5.74, 6) is 2.48. The lowest BCUT2D eigenvalue weighted by Crippen LogP contribution is -2.42. The minimum absolute atomic E-state index is 0.287. The summed E-state index contributed by atoms with van der Waals surface area (Å²) < 4.78 is 0. The monoisotopic (exact) mass is 295 g/mol. The van der Waals surface area contributed by atoms with Gasteiger partial charge in [-0.15, -0.1) is 0 Å². The maximum absolute atomic E-state index is 9.92. The molecule has 0 spiro atoms. The van der Waals surface area contributed by atoms with E-state index in [1.54, 1.807) is 12.1 Å². The third-order valence-corrected chi connectivity index (χ3v) is 5.01. The highest BCUT2D eigenvalue weighted by molar-refractivity contribution is 6.31. The summed E-state index contributed by atoms with van der Waals surface area (Å²) in [7, 11) is 0. The highest BCUT2D eigenvalue weighted by atomic mass is 35.5. The van der Waals surface area contributed by atoms with Crippen LogP contribution in [-0.4, -0.2) is 11.1 Å². The fraction of sp³-hybridized carbons (Fsp3) is 0.647. The minimum Gasteiger partial charge on any atom is -0.508 e. The summed E-state index contributed by atoms with van der Waals surface area (Å²) in [6.07, 6.45) is 3.84. The molecule has 2 nitrogen and oxygen atoms in total. The molecule has 20 heavy (non-hydrogen) atoms. The Balaban J connectivity index is 2.04. The molecule has 1 saturated carbocycles. The van der Waals surface area contributed by atoms with Gasteiger partial charge in [0.1, 0.15) is 5.75 Å². The molecule has 0 aliphatic heterocycles. The second-order valence-electron chi connectivity index (χ2n) is 6.55. The van der Waals surface area contributed by atoms with Crippen LogP contribution in [0.5, 0.6) is 5.75 Å². The summed E-state index contributed by atoms with van der Waals surface area (Å²) in [6, 6.07) is 5.84. The molecule has 1 aromatic carbocycles. The van der Waals surface area contributed by atoms with E-state index >= 15 is 0 Å². The third kappa shape index (κ3) is 3.67. The van der Waals surface area contributed by atoms with Crippen molar-refractivity contribution in [1.82, 2.24) is 5.32 Å². The summed E-state index contributed by atoms with van der Waals surface area (Å²) in [5.41, 5.74) is 0.815. The smallest absolute Gasteiger partial charge is 0.121 e. The fourth-order valence-electron chi connectivity index (χ4n) is 3.39. The van der Waals surface area contributed by atoms with Gasteiger partial charge < -0.3 is 10.4 Å². The van der Waals surface area contributed by atoms with E-state index in [9.17, 15) is 5.11 Å². The van der Waals surface area contributed by atoms with Crippen molar-refractivity contribution >= 4 is 11.6 Å². The molecule has 1 aromatic rings. The molecule has 2 N–H and O–H groups in total. The van der Waals surface area contributed by atoms with Gasteiger partial charge in [-0.05, 0) is 42.7 Å². The number of phenols is 1. The van der Waals surface area contributed by atoms with E-state index in [0.29, 0.717) is 23.5 Å². The van der Waals surface area contributed by atoms with E-state index in [2.05, 4.69) is 26.1 Å². The Morgan fingerprint density at radius 2 is 2.10 bits per heavy atom. The van der Waals surface area contributed by atoms with E-state index in [1.807, 2.05) is 6.07 Å². The molecule has 0 radical (unpaired) electrons. The zero-order valence-corrected chi connectivity index (χ0v) is 13.5. The predicted octanol–water partition coefficient (Wildman–Crippen LogP) is 4.60. The van der Waals surface area contributed by atoms with Gasteiger partial charge in [-0.3, -0.25) is 0 Å². The second-order valence-corrected chi connectivity index (χ2v) is 6.96. The van der Waals surface area contributed by atoms with Crippen molar-refractivity contribution < 1.29 is 5.11 Å². The fourth-order valence-corrected chi connectivity index (χ4v) is 3.63. The largest absolute Gasteiger partial charge is 0.508 e. The number of halogens is 1. The van der Waals surface area contributed by atoms with Crippen molar-refractivity contribution in [2.24, 2.45) is 17.8 Å². The number of rotatable bonds is 4. The van der Waals surface area contributed by atoms with Crippen LogP contribution >= 0.6 is 11.6 Å². The van der Waals surface area contributed by atoms with Gasteiger partial charge in [-0.1, -0.05) is 44.9 Å². The van der Waals surface area contributed by atoms with Gasteiger partial charge in [0.15, 0.2) is 0 Å². The van der Waals surface area contributed by atoms with Crippen molar-refractivity contribution in [3.05, 3.63) is 28.8 Å². The Morgan fingerprint density at radius 1 is 1.35 bits per heavy atom. The Bertz CT molecular complexity index is 426. The van der Waals surface area contributed by atoms with Crippen LogP contribution in [0.4, 0.5) is 0 Å². The first-order valence-corrected chi connectivity index (χ1v) is 8.06. The molecule has 1 aliphatic carbocycles. The van der Waals surface area contributed by atoms with Crippen LogP contribution in [0.2, 0.25) is 5.02 Å². The minimum atomic E-state index is 0.287. The van der Waals surface area contributed by atoms with Crippen LogP contribution in [0.1, 0.15) is 45.6 Å². The second kappa shape index (κ2) is 6.82.